The Labute approximate surface area is 112 Å². The third kappa shape index (κ3) is 3.43. The molecule has 2 rings (SSSR count). The third-order valence-electron chi connectivity index (χ3n) is 2.82. The summed E-state index contributed by atoms with van der Waals surface area (Å²) in [6.45, 7) is 0.543. The van der Waals surface area contributed by atoms with Gasteiger partial charge < -0.3 is 15.2 Å². The highest BCUT2D eigenvalue weighted by molar-refractivity contribution is 7.99. The predicted molar refractivity (Wildman–Crippen MR) is 77.4 cm³/mol. The van der Waals surface area contributed by atoms with Gasteiger partial charge in [0.15, 0.2) is 11.5 Å². The minimum Gasteiger partial charge on any atom is -0.493 e. The maximum absolute atomic E-state index is 6.01. The lowest BCUT2D eigenvalue weighted by Crippen LogP contribution is -2.15. The second kappa shape index (κ2) is 6.71. The summed E-state index contributed by atoms with van der Waals surface area (Å²) in [5, 5.41) is 0. The summed E-state index contributed by atoms with van der Waals surface area (Å²) in [5.74, 6) is 3.85. The minimum absolute atomic E-state index is 0.303. The topological polar surface area (TPSA) is 44.5 Å². The summed E-state index contributed by atoms with van der Waals surface area (Å²) in [4.78, 5) is 0. The molecule has 1 aromatic rings. The standard InChI is InChI=1S/C14H19NO2S/c1-16-13-5-4-11(3-2-7-15)9-14(13)17-12-6-8-18-10-12/h2-5,9,12H,6-8,10,15H2,1H3/b3-2+. The van der Waals surface area contributed by atoms with Crippen molar-refractivity contribution in [3.8, 4) is 11.5 Å². The van der Waals surface area contributed by atoms with Crippen LogP contribution in [0.1, 0.15) is 12.0 Å². The Morgan fingerprint density at radius 1 is 1.44 bits per heavy atom. The Hall–Kier alpha value is -1.13. The smallest absolute Gasteiger partial charge is 0.162 e. The van der Waals surface area contributed by atoms with Crippen molar-refractivity contribution in [1.29, 1.82) is 0 Å². The minimum atomic E-state index is 0.303. The predicted octanol–water partition coefficient (Wildman–Crippen LogP) is 2.55. The van der Waals surface area contributed by atoms with Crippen molar-refractivity contribution in [1.82, 2.24) is 0 Å². The van der Waals surface area contributed by atoms with Crippen LogP contribution in [0.5, 0.6) is 11.5 Å². The summed E-state index contributed by atoms with van der Waals surface area (Å²) in [6.07, 6.45) is 5.33. The van der Waals surface area contributed by atoms with Gasteiger partial charge in [0.1, 0.15) is 6.10 Å². The van der Waals surface area contributed by atoms with Crippen molar-refractivity contribution in [3.63, 3.8) is 0 Å². The van der Waals surface area contributed by atoms with Crippen LogP contribution in [0.25, 0.3) is 6.08 Å². The van der Waals surface area contributed by atoms with Crippen LogP contribution in [-0.4, -0.2) is 31.3 Å². The summed E-state index contributed by atoms with van der Waals surface area (Å²) >= 11 is 1.94. The zero-order valence-electron chi connectivity index (χ0n) is 10.6. The molecule has 0 radical (unpaired) electrons. The van der Waals surface area contributed by atoms with E-state index in [0.29, 0.717) is 12.6 Å². The van der Waals surface area contributed by atoms with Crippen LogP contribution in [0.15, 0.2) is 24.3 Å². The van der Waals surface area contributed by atoms with E-state index < -0.39 is 0 Å². The van der Waals surface area contributed by atoms with Crippen molar-refractivity contribution >= 4 is 17.8 Å². The molecule has 18 heavy (non-hydrogen) atoms. The van der Waals surface area contributed by atoms with Crippen LogP contribution in [0, 0.1) is 0 Å². The maximum atomic E-state index is 6.01. The molecule has 1 fully saturated rings. The van der Waals surface area contributed by atoms with Gasteiger partial charge in [-0.15, -0.1) is 0 Å². The average Bonchev–Trinajstić information content (AvgIpc) is 2.89. The fraction of sp³-hybridized carbons (Fsp3) is 0.429. The number of ether oxygens (including phenoxy) is 2. The van der Waals surface area contributed by atoms with Gasteiger partial charge in [-0.05, 0) is 29.9 Å². The molecule has 3 nitrogen and oxygen atoms in total. The van der Waals surface area contributed by atoms with Crippen molar-refractivity contribution < 1.29 is 9.47 Å². The lowest BCUT2D eigenvalue weighted by molar-refractivity contribution is 0.218. The van der Waals surface area contributed by atoms with Gasteiger partial charge >= 0.3 is 0 Å². The first-order chi connectivity index (χ1) is 8.83. The summed E-state index contributed by atoms with van der Waals surface area (Å²) in [6, 6.07) is 5.95. The van der Waals surface area contributed by atoms with E-state index >= 15 is 0 Å². The molecular formula is C14H19NO2S. The molecule has 0 saturated carbocycles. The largest absolute Gasteiger partial charge is 0.493 e. The van der Waals surface area contributed by atoms with Gasteiger partial charge in [-0.3, -0.25) is 0 Å². The van der Waals surface area contributed by atoms with Crippen molar-refractivity contribution in [2.75, 3.05) is 25.2 Å². The van der Waals surface area contributed by atoms with Gasteiger partial charge in [0.2, 0.25) is 0 Å². The lowest BCUT2D eigenvalue weighted by atomic mass is 10.2. The molecule has 0 aromatic heterocycles. The Morgan fingerprint density at radius 3 is 3.00 bits per heavy atom. The molecule has 0 aliphatic carbocycles. The molecule has 1 heterocycles. The molecule has 1 unspecified atom stereocenters. The SMILES string of the molecule is COc1ccc(/C=C/CN)cc1OC1CCSC1. The fourth-order valence-electron chi connectivity index (χ4n) is 1.88. The highest BCUT2D eigenvalue weighted by Gasteiger charge is 2.18. The zero-order chi connectivity index (χ0) is 12.8. The maximum Gasteiger partial charge on any atom is 0.162 e. The van der Waals surface area contributed by atoms with Gasteiger partial charge in [0.05, 0.1) is 7.11 Å². The Balaban J connectivity index is 2.15. The van der Waals surface area contributed by atoms with Crippen LogP contribution in [0.3, 0.4) is 0 Å². The van der Waals surface area contributed by atoms with Crippen molar-refractivity contribution in [3.05, 3.63) is 29.8 Å². The first-order valence-electron chi connectivity index (χ1n) is 6.12. The van der Waals surface area contributed by atoms with E-state index in [-0.39, 0.29) is 0 Å². The molecule has 98 valence electrons. The Kier molecular flexibility index (Phi) is 4.96. The van der Waals surface area contributed by atoms with Crippen molar-refractivity contribution in [2.45, 2.75) is 12.5 Å². The highest BCUT2D eigenvalue weighted by atomic mass is 32.2. The van der Waals surface area contributed by atoms with E-state index in [1.165, 1.54) is 5.75 Å². The number of benzene rings is 1. The quantitative estimate of drug-likeness (QED) is 0.888. The molecular weight excluding hydrogens is 246 g/mol. The zero-order valence-corrected chi connectivity index (χ0v) is 11.4. The van der Waals surface area contributed by atoms with E-state index in [2.05, 4.69) is 0 Å². The molecule has 0 spiro atoms. The third-order valence-corrected chi connectivity index (χ3v) is 3.95. The van der Waals surface area contributed by atoms with E-state index in [0.717, 1.165) is 29.2 Å². The van der Waals surface area contributed by atoms with Crippen LogP contribution >= 0.6 is 11.8 Å². The van der Waals surface area contributed by atoms with Crippen LogP contribution in [0.4, 0.5) is 0 Å². The Morgan fingerprint density at radius 2 is 2.33 bits per heavy atom. The molecule has 0 bridgehead atoms. The second-order valence-electron chi connectivity index (χ2n) is 4.15. The summed E-state index contributed by atoms with van der Waals surface area (Å²) in [7, 11) is 1.67. The van der Waals surface area contributed by atoms with Crippen LogP contribution < -0.4 is 15.2 Å². The molecule has 1 aliphatic heterocycles. The summed E-state index contributed by atoms with van der Waals surface area (Å²) < 4.78 is 11.3. The van der Waals surface area contributed by atoms with Gasteiger partial charge in [0.25, 0.3) is 0 Å². The van der Waals surface area contributed by atoms with E-state index in [9.17, 15) is 0 Å². The molecule has 0 amide bonds. The monoisotopic (exact) mass is 265 g/mol. The van der Waals surface area contributed by atoms with Crippen molar-refractivity contribution in [2.24, 2.45) is 5.73 Å². The first-order valence-corrected chi connectivity index (χ1v) is 7.28. The molecule has 1 aliphatic rings. The molecule has 1 aromatic carbocycles. The number of thioether (sulfide) groups is 1. The molecule has 2 N–H and O–H groups in total. The second-order valence-corrected chi connectivity index (χ2v) is 5.30. The first kappa shape index (κ1) is 13.3. The molecule has 4 heteroatoms. The number of nitrogens with two attached hydrogens (primary N) is 1. The van der Waals surface area contributed by atoms with Crippen LogP contribution in [-0.2, 0) is 0 Å². The molecule has 1 atom stereocenters. The number of rotatable bonds is 5. The normalized spacial score (nSPS) is 19.3. The summed E-state index contributed by atoms with van der Waals surface area (Å²) in [5.41, 5.74) is 6.54. The van der Waals surface area contributed by atoms with E-state index in [4.69, 9.17) is 15.2 Å². The number of hydrogen-bond donors (Lipinski definition) is 1. The highest BCUT2D eigenvalue weighted by Crippen LogP contribution is 2.32. The van der Waals surface area contributed by atoms with E-state index in [1.54, 1.807) is 7.11 Å². The van der Waals surface area contributed by atoms with Gasteiger partial charge in [0, 0.05) is 12.3 Å². The van der Waals surface area contributed by atoms with Gasteiger partial charge in [-0.25, -0.2) is 0 Å². The van der Waals surface area contributed by atoms with E-state index in [1.807, 2.05) is 42.1 Å². The molecule has 1 saturated heterocycles. The van der Waals surface area contributed by atoms with Gasteiger partial charge in [-0.1, -0.05) is 18.2 Å². The average molecular weight is 265 g/mol. The van der Waals surface area contributed by atoms with Gasteiger partial charge in [-0.2, -0.15) is 11.8 Å². The number of hydrogen-bond acceptors (Lipinski definition) is 4. The Bertz CT molecular complexity index is 414. The lowest BCUT2D eigenvalue weighted by Gasteiger charge is -2.15. The number of methoxy groups -OCH3 is 1. The van der Waals surface area contributed by atoms with Crippen LogP contribution in [0.2, 0.25) is 0 Å². The fourth-order valence-corrected chi connectivity index (χ4v) is 2.97.